The van der Waals surface area contributed by atoms with Crippen LogP contribution in [0.15, 0.2) is 85.1 Å². The molecule has 2 aromatic heterocycles. The Kier molecular flexibility index (Phi) is 3.68. The number of para-hydroxylation sites is 2. The van der Waals surface area contributed by atoms with Crippen molar-refractivity contribution in [3.8, 4) is 11.3 Å². The van der Waals surface area contributed by atoms with Crippen LogP contribution in [0.4, 0.5) is 4.39 Å². The number of nitrogens with zero attached hydrogens (tertiary/aromatic N) is 3. The third-order valence-corrected chi connectivity index (χ3v) is 4.79. The van der Waals surface area contributed by atoms with E-state index < -0.39 is 0 Å². The molecular weight excluding hydrogens is 337 g/mol. The smallest absolute Gasteiger partial charge is 0.123 e. The fraction of sp³-hybridized carbons (Fsp3) is 0.0435. The van der Waals surface area contributed by atoms with E-state index in [-0.39, 0.29) is 5.82 Å². The molecule has 0 radical (unpaired) electrons. The lowest BCUT2D eigenvalue weighted by atomic mass is 10.0. The van der Waals surface area contributed by atoms with Crippen molar-refractivity contribution in [3.05, 3.63) is 96.4 Å². The third-order valence-electron chi connectivity index (χ3n) is 4.79. The van der Waals surface area contributed by atoms with Crippen LogP contribution in [0.25, 0.3) is 33.1 Å². The van der Waals surface area contributed by atoms with Crippen molar-refractivity contribution >= 4 is 21.8 Å². The maximum Gasteiger partial charge on any atom is 0.123 e. The van der Waals surface area contributed by atoms with Crippen molar-refractivity contribution in [2.45, 2.75) is 6.54 Å². The fourth-order valence-electron chi connectivity index (χ4n) is 3.50. The number of pyridine rings is 1. The molecule has 0 amide bonds. The number of fused-ring (bicyclic) bond motifs is 2. The van der Waals surface area contributed by atoms with Gasteiger partial charge in [0.2, 0.25) is 0 Å². The minimum atomic E-state index is -0.230. The summed E-state index contributed by atoms with van der Waals surface area (Å²) < 4.78 is 15.2. The predicted octanol–water partition coefficient (Wildman–Crippen LogP) is 5.44. The normalized spacial score (nSPS) is 11.3. The first-order valence-electron chi connectivity index (χ1n) is 8.84. The number of rotatable bonds is 3. The SMILES string of the molecule is Fc1ccc(Cn2nc(-c3cccc4cccnc34)c3ccccc32)cc1. The number of benzene rings is 3. The largest absolute Gasteiger partial charge is 0.260 e. The van der Waals surface area contributed by atoms with Gasteiger partial charge in [0.15, 0.2) is 0 Å². The van der Waals surface area contributed by atoms with Crippen LogP contribution in [-0.4, -0.2) is 14.8 Å². The molecule has 0 aliphatic heterocycles. The number of aromatic nitrogens is 3. The van der Waals surface area contributed by atoms with Crippen molar-refractivity contribution in [1.82, 2.24) is 14.8 Å². The number of hydrogen-bond donors (Lipinski definition) is 0. The van der Waals surface area contributed by atoms with E-state index in [0.717, 1.165) is 38.6 Å². The molecule has 0 atom stereocenters. The molecule has 130 valence electrons. The Bertz CT molecular complexity index is 1250. The molecule has 0 saturated heterocycles. The molecule has 2 heterocycles. The first-order chi connectivity index (χ1) is 13.3. The summed E-state index contributed by atoms with van der Waals surface area (Å²) in [5.41, 5.74) is 4.92. The molecule has 5 rings (SSSR count). The lowest BCUT2D eigenvalue weighted by molar-refractivity contribution is 0.625. The van der Waals surface area contributed by atoms with Crippen molar-refractivity contribution in [2.24, 2.45) is 0 Å². The van der Waals surface area contributed by atoms with Gasteiger partial charge in [-0.25, -0.2) is 4.39 Å². The van der Waals surface area contributed by atoms with E-state index in [0.29, 0.717) is 6.54 Å². The molecule has 0 aliphatic carbocycles. The molecule has 0 unspecified atom stereocenters. The predicted molar refractivity (Wildman–Crippen MR) is 106 cm³/mol. The minimum absolute atomic E-state index is 0.230. The van der Waals surface area contributed by atoms with Crippen LogP contribution in [0.2, 0.25) is 0 Å². The molecule has 0 N–H and O–H groups in total. The second-order valence-electron chi connectivity index (χ2n) is 6.53. The molecule has 0 aliphatic rings. The third kappa shape index (κ3) is 2.75. The summed E-state index contributed by atoms with van der Waals surface area (Å²) in [5.74, 6) is -0.230. The van der Waals surface area contributed by atoms with Crippen molar-refractivity contribution < 1.29 is 4.39 Å². The molecule has 0 fully saturated rings. The van der Waals surface area contributed by atoms with E-state index in [1.165, 1.54) is 12.1 Å². The first kappa shape index (κ1) is 15.7. The molecule has 3 nitrogen and oxygen atoms in total. The van der Waals surface area contributed by atoms with E-state index in [9.17, 15) is 4.39 Å². The fourth-order valence-corrected chi connectivity index (χ4v) is 3.50. The van der Waals surface area contributed by atoms with Crippen LogP contribution in [0, 0.1) is 5.82 Å². The van der Waals surface area contributed by atoms with Gasteiger partial charge in [-0.15, -0.1) is 0 Å². The molecule has 3 aromatic carbocycles. The quantitative estimate of drug-likeness (QED) is 0.432. The molecule has 27 heavy (non-hydrogen) atoms. The lowest BCUT2D eigenvalue weighted by Gasteiger charge is -2.04. The summed E-state index contributed by atoms with van der Waals surface area (Å²) in [6.07, 6.45) is 1.81. The zero-order valence-corrected chi connectivity index (χ0v) is 14.5. The van der Waals surface area contributed by atoms with E-state index in [1.807, 2.05) is 35.1 Å². The van der Waals surface area contributed by atoms with Gasteiger partial charge in [0.05, 0.1) is 17.6 Å². The molecule has 0 saturated carbocycles. The Labute approximate surface area is 155 Å². The van der Waals surface area contributed by atoms with E-state index in [2.05, 4.69) is 35.3 Å². The van der Waals surface area contributed by atoms with Crippen LogP contribution >= 0.6 is 0 Å². The number of hydrogen-bond acceptors (Lipinski definition) is 2. The van der Waals surface area contributed by atoms with Gasteiger partial charge < -0.3 is 0 Å². The highest BCUT2D eigenvalue weighted by atomic mass is 19.1. The first-order valence-corrected chi connectivity index (χ1v) is 8.84. The van der Waals surface area contributed by atoms with Crippen LogP contribution < -0.4 is 0 Å². The average molecular weight is 353 g/mol. The Morgan fingerprint density at radius 3 is 2.52 bits per heavy atom. The van der Waals surface area contributed by atoms with Gasteiger partial charge in [-0.05, 0) is 29.8 Å². The molecule has 0 bridgehead atoms. The van der Waals surface area contributed by atoms with Crippen molar-refractivity contribution in [1.29, 1.82) is 0 Å². The summed E-state index contributed by atoms with van der Waals surface area (Å²) in [6.45, 7) is 0.582. The van der Waals surface area contributed by atoms with Crippen LogP contribution in [0.5, 0.6) is 0 Å². The standard InChI is InChI=1S/C23H16FN3/c24-18-12-10-16(11-13-18)15-27-21-9-2-1-7-19(21)23(26-27)20-8-3-5-17-6-4-14-25-22(17)20/h1-14H,15H2. The topological polar surface area (TPSA) is 30.7 Å². The van der Waals surface area contributed by atoms with Crippen molar-refractivity contribution in [3.63, 3.8) is 0 Å². The minimum Gasteiger partial charge on any atom is -0.260 e. The Morgan fingerprint density at radius 1 is 0.815 bits per heavy atom. The Hall–Kier alpha value is -3.53. The van der Waals surface area contributed by atoms with Gasteiger partial charge in [0.1, 0.15) is 11.5 Å². The average Bonchev–Trinajstić information content (AvgIpc) is 3.08. The van der Waals surface area contributed by atoms with Crippen LogP contribution in [-0.2, 0) is 6.54 Å². The second kappa shape index (κ2) is 6.32. The second-order valence-corrected chi connectivity index (χ2v) is 6.53. The van der Waals surface area contributed by atoms with E-state index in [4.69, 9.17) is 5.10 Å². The summed E-state index contributed by atoms with van der Waals surface area (Å²) >= 11 is 0. The van der Waals surface area contributed by atoms with Gasteiger partial charge >= 0.3 is 0 Å². The molecule has 4 heteroatoms. The van der Waals surface area contributed by atoms with Crippen molar-refractivity contribution in [2.75, 3.05) is 0 Å². The van der Waals surface area contributed by atoms with Crippen LogP contribution in [0.1, 0.15) is 5.56 Å². The molecule has 5 aromatic rings. The molecular formula is C23H16FN3. The van der Waals surface area contributed by atoms with E-state index >= 15 is 0 Å². The van der Waals surface area contributed by atoms with Gasteiger partial charge in [-0.2, -0.15) is 5.10 Å². The zero-order chi connectivity index (χ0) is 18.2. The van der Waals surface area contributed by atoms with Gasteiger partial charge in [0.25, 0.3) is 0 Å². The number of halogens is 1. The maximum absolute atomic E-state index is 13.2. The Morgan fingerprint density at radius 2 is 1.63 bits per heavy atom. The Balaban J connectivity index is 1.70. The monoisotopic (exact) mass is 353 g/mol. The van der Waals surface area contributed by atoms with Crippen LogP contribution in [0.3, 0.4) is 0 Å². The highest BCUT2D eigenvalue weighted by Gasteiger charge is 2.15. The van der Waals surface area contributed by atoms with Gasteiger partial charge in [-0.1, -0.05) is 54.6 Å². The summed E-state index contributed by atoms with van der Waals surface area (Å²) in [6, 6.07) is 24.9. The lowest BCUT2D eigenvalue weighted by Crippen LogP contribution is -2.01. The maximum atomic E-state index is 13.2. The summed E-state index contributed by atoms with van der Waals surface area (Å²) in [5, 5.41) is 7.08. The van der Waals surface area contributed by atoms with Gasteiger partial charge in [0, 0.05) is 22.5 Å². The highest BCUT2D eigenvalue weighted by Crippen LogP contribution is 2.32. The molecule has 0 spiro atoms. The van der Waals surface area contributed by atoms with E-state index in [1.54, 1.807) is 12.1 Å². The van der Waals surface area contributed by atoms with Gasteiger partial charge in [-0.3, -0.25) is 9.67 Å². The highest BCUT2D eigenvalue weighted by molar-refractivity contribution is 6.01. The zero-order valence-electron chi connectivity index (χ0n) is 14.5. The summed E-state index contributed by atoms with van der Waals surface area (Å²) in [7, 11) is 0. The summed E-state index contributed by atoms with van der Waals surface area (Å²) in [4.78, 5) is 4.58.